The fraction of sp³-hybridized carbons (Fsp3) is 0.333. The van der Waals surface area contributed by atoms with Crippen molar-refractivity contribution in [2.45, 2.75) is 12.8 Å². The molecule has 5 heteroatoms. The molecule has 0 bridgehead atoms. The number of ether oxygens (including phenoxy) is 1. The molecular formula is C12H12ClO4-. The standard InChI is InChI=1S/C12H13ClO4/c1-17-12(16)9(7-11(14)15)6-8-2-4-10(13)5-3-8/h2-5,9H,6-7H2,1H3,(H,14,15)/p-1. The Labute approximate surface area is 104 Å². The molecule has 0 aliphatic heterocycles. The fourth-order valence-corrected chi connectivity index (χ4v) is 1.64. The van der Waals surface area contributed by atoms with Gasteiger partial charge in [-0.25, -0.2) is 0 Å². The Morgan fingerprint density at radius 1 is 1.35 bits per heavy atom. The molecule has 1 aromatic carbocycles. The predicted octanol–water partition coefficient (Wildman–Crippen LogP) is 0.812. The van der Waals surface area contributed by atoms with Gasteiger partial charge >= 0.3 is 5.97 Å². The summed E-state index contributed by atoms with van der Waals surface area (Å²) in [6.45, 7) is 0. The number of hydrogen-bond acceptors (Lipinski definition) is 4. The lowest BCUT2D eigenvalue weighted by Crippen LogP contribution is -2.30. The van der Waals surface area contributed by atoms with E-state index in [0.717, 1.165) is 5.56 Å². The van der Waals surface area contributed by atoms with Gasteiger partial charge in [-0.3, -0.25) is 4.79 Å². The van der Waals surface area contributed by atoms with Crippen molar-refractivity contribution in [3.8, 4) is 0 Å². The highest BCUT2D eigenvalue weighted by molar-refractivity contribution is 6.30. The van der Waals surface area contributed by atoms with E-state index in [4.69, 9.17) is 11.6 Å². The van der Waals surface area contributed by atoms with E-state index in [1.807, 2.05) is 0 Å². The van der Waals surface area contributed by atoms with Gasteiger partial charge in [0.05, 0.1) is 13.0 Å². The normalized spacial score (nSPS) is 11.9. The molecule has 0 aliphatic rings. The largest absolute Gasteiger partial charge is 0.550 e. The summed E-state index contributed by atoms with van der Waals surface area (Å²) in [5.41, 5.74) is 0.825. The SMILES string of the molecule is COC(=O)C(CC(=O)[O-])Cc1ccc(Cl)cc1. The van der Waals surface area contributed by atoms with Gasteiger partial charge in [-0.05, 0) is 24.1 Å². The Kier molecular flexibility index (Phi) is 4.97. The topological polar surface area (TPSA) is 66.4 Å². The van der Waals surface area contributed by atoms with Crippen LogP contribution < -0.4 is 5.11 Å². The molecule has 1 unspecified atom stereocenters. The van der Waals surface area contributed by atoms with Gasteiger partial charge in [-0.15, -0.1) is 0 Å². The quantitative estimate of drug-likeness (QED) is 0.731. The van der Waals surface area contributed by atoms with Crippen molar-refractivity contribution in [1.82, 2.24) is 0 Å². The maximum Gasteiger partial charge on any atom is 0.309 e. The monoisotopic (exact) mass is 255 g/mol. The third-order valence-corrected chi connectivity index (χ3v) is 2.59. The highest BCUT2D eigenvalue weighted by atomic mass is 35.5. The molecule has 0 fully saturated rings. The predicted molar refractivity (Wildman–Crippen MR) is 60.3 cm³/mol. The molecule has 0 N–H and O–H groups in total. The minimum Gasteiger partial charge on any atom is -0.550 e. The highest BCUT2D eigenvalue weighted by Crippen LogP contribution is 2.16. The van der Waals surface area contributed by atoms with Crippen LogP contribution in [0, 0.1) is 5.92 Å². The van der Waals surface area contributed by atoms with Crippen molar-refractivity contribution >= 4 is 23.5 Å². The molecule has 1 atom stereocenters. The average molecular weight is 256 g/mol. The van der Waals surface area contributed by atoms with Crippen LogP contribution in [0.3, 0.4) is 0 Å². The van der Waals surface area contributed by atoms with Crippen molar-refractivity contribution in [2.75, 3.05) is 7.11 Å². The Hall–Kier alpha value is -1.55. The van der Waals surface area contributed by atoms with Crippen LogP contribution in [0.4, 0.5) is 0 Å². The van der Waals surface area contributed by atoms with Gasteiger partial charge in [-0.1, -0.05) is 23.7 Å². The lowest BCUT2D eigenvalue weighted by Gasteiger charge is -2.15. The van der Waals surface area contributed by atoms with Crippen LogP contribution in [0.15, 0.2) is 24.3 Å². The minimum absolute atomic E-state index is 0.290. The van der Waals surface area contributed by atoms with Gasteiger partial charge < -0.3 is 14.6 Å². The molecular weight excluding hydrogens is 244 g/mol. The first-order valence-electron chi connectivity index (χ1n) is 5.05. The summed E-state index contributed by atoms with van der Waals surface area (Å²) in [6, 6.07) is 6.86. The van der Waals surface area contributed by atoms with E-state index in [2.05, 4.69) is 4.74 Å². The minimum atomic E-state index is -1.27. The zero-order valence-electron chi connectivity index (χ0n) is 9.31. The first kappa shape index (κ1) is 13.5. The lowest BCUT2D eigenvalue weighted by molar-refractivity contribution is -0.306. The maximum atomic E-state index is 11.4. The molecule has 0 aromatic heterocycles. The molecule has 0 amide bonds. The molecule has 0 radical (unpaired) electrons. The Bertz CT molecular complexity index is 399. The molecule has 0 spiro atoms. The van der Waals surface area contributed by atoms with Crippen LogP contribution >= 0.6 is 11.6 Å². The molecule has 4 nitrogen and oxygen atoms in total. The van der Waals surface area contributed by atoms with Crippen LogP contribution in [0.1, 0.15) is 12.0 Å². The van der Waals surface area contributed by atoms with Gasteiger partial charge in [0.2, 0.25) is 0 Å². The van der Waals surface area contributed by atoms with Crippen LogP contribution in [-0.4, -0.2) is 19.0 Å². The number of carboxylic acids is 1. The van der Waals surface area contributed by atoms with Crippen LogP contribution in [0.25, 0.3) is 0 Å². The number of carbonyl (C=O) groups excluding carboxylic acids is 2. The van der Waals surface area contributed by atoms with Crippen molar-refractivity contribution in [3.63, 3.8) is 0 Å². The number of benzene rings is 1. The Balaban J connectivity index is 2.75. The van der Waals surface area contributed by atoms with E-state index >= 15 is 0 Å². The van der Waals surface area contributed by atoms with Crippen LogP contribution in [0.2, 0.25) is 5.02 Å². The summed E-state index contributed by atoms with van der Waals surface area (Å²) in [6.07, 6.45) is -0.0624. The molecule has 1 rings (SSSR count). The number of carbonyl (C=O) groups is 2. The van der Waals surface area contributed by atoms with Gasteiger partial charge in [0, 0.05) is 17.4 Å². The van der Waals surface area contributed by atoms with Crippen molar-refractivity contribution < 1.29 is 19.4 Å². The van der Waals surface area contributed by atoms with E-state index in [9.17, 15) is 14.7 Å². The van der Waals surface area contributed by atoms with Gasteiger partial charge in [0.15, 0.2) is 0 Å². The molecule has 0 saturated carbocycles. The summed E-state index contributed by atoms with van der Waals surface area (Å²) < 4.78 is 4.55. The Morgan fingerprint density at radius 2 is 1.94 bits per heavy atom. The van der Waals surface area contributed by atoms with Gasteiger partial charge in [0.25, 0.3) is 0 Å². The van der Waals surface area contributed by atoms with E-state index in [1.54, 1.807) is 24.3 Å². The van der Waals surface area contributed by atoms with Crippen LogP contribution in [0.5, 0.6) is 0 Å². The summed E-state index contributed by atoms with van der Waals surface area (Å²) in [4.78, 5) is 21.9. The number of rotatable bonds is 5. The summed E-state index contributed by atoms with van der Waals surface area (Å²) in [5.74, 6) is -2.55. The molecule has 17 heavy (non-hydrogen) atoms. The number of carboxylic acid groups (broad SMARTS) is 1. The van der Waals surface area contributed by atoms with Crippen LogP contribution in [-0.2, 0) is 20.7 Å². The molecule has 92 valence electrons. The second-order valence-corrected chi connectivity index (χ2v) is 4.06. The third kappa shape index (κ3) is 4.44. The van der Waals surface area contributed by atoms with E-state index < -0.39 is 17.9 Å². The van der Waals surface area contributed by atoms with Gasteiger partial charge in [-0.2, -0.15) is 0 Å². The van der Waals surface area contributed by atoms with Gasteiger partial charge in [0.1, 0.15) is 0 Å². The average Bonchev–Trinajstić information content (AvgIpc) is 2.29. The first-order chi connectivity index (χ1) is 8.02. The molecule has 0 aliphatic carbocycles. The van der Waals surface area contributed by atoms with E-state index in [-0.39, 0.29) is 12.8 Å². The highest BCUT2D eigenvalue weighted by Gasteiger charge is 2.19. The zero-order valence-corrected chi connectivity index (χ0v) is 10.1. The third-order valence-electron chi connectivity index (χ3n) is 2.34. The van der Waals surface area contributed by atoms with E-state index in [1.165, 1.54) is 7.11 Å². The lowest BCUT2D eigenvalue weighted by atomic mass is 9.96. The second kappa shape index (κ2) is 6.25. The Morgan fingerprint density at radius 3 is 2.41 bits per heavy atom. The number of hydrogen-bond donors (Lipinski definition) is 0. The number of esters is 1. The summed E-state index contributed by atoms with van der Waals surface area (Å²) in [7, 11) is 1.23. The fourth-order valence-electron chi connectivity index (χ4n) is 1.51. The smallest absolute Gasteiger partial charge is 0.309 e. The van der Waals surface area contributed by atoms with Crippen molar-refractivity contribution in [1.29, 1.82) is 0 Å². The summed E-state index contributed by atoms with van der Waals surface area (Å²) in [5, 5.41) is 11.1. The molecule has 1 aromatic rings. The number of aliphatic carboxylic acids is 1. The number of methoxy groups -OCH3 is 1. The zero-order chi connectivity index (χ0) is 12.8. The first-order valence-corrected chi connectivity index (χ1v) is 5.43. The molecule has 0 heterocycles. The van der Waals surface area contributed by atoms with Crippen molar-refractivity contribution in [2.24, 2.45) is 5.92 Å². The molecule has 0 saturated heterocycles. The summed E-state index contributed by atoms with van der Waals surface area (Å²) >= 11 is 5.73. The second-order valence-electron chi connectivity index (χ2n) is 3.63. The van der Waals surface area contributed by atoms with E-state index in [0.29, 0.717) is 5.02 Å². The van der Waals surface area contributed by atoms with Crippen molar-refractivity contribution in [3.05, 3.63) is 34.9 Å². The number of halogens is 1. The maximum absolute atomic E-state index is 11.4.